The molecule has 6 rings (SSSR count). The van der Waals surface area contributed by atoms with Gasteiger partial charge in [0.1, 0.15) is 5.75 Å². The molecule has 0 radical (unpaired) electrons. The van der Waals surface area contributed by atoms with Crippen molar-refractivity contribution >= 4 is 65.8 Å². The van der Waals surface area contributed by atoms with Crippen molar-refractivity contribution in [3.63, 3.8) is 0 Å². The van der Waals surface area contributed by atoms with E-state index in [1.54, 1.807) is 37.4 Å². The summed E-state index contributed by atoms with van der Waals surface area (Å²) in [6.45, 7) is 1.14. The molecule has 1 unspecified atom stereocenters. The Balaban J connectivity index is 0.00000580. The van der Waals surface area contributed by atoms with Crippen molar-refractivity contribution in [2.75, 3.05) is 20.3 Å². The van der Waals surface area contributed by atoms with Gasteiger partial charge in [0.15, 0.2) is 0 Å². The van der Waals surface area contributed by atoms with Gasteiger partial charge in [-0.05, 0) is 17.7 Å². The van der Waals surface area contributed by atoms with Crippen LogP contribution in [-0.4, -0.2) is 67.3 Å². The Hall–Kier alpha value is -3.42. The second-order valence-electron chi connectivity index (χ2n) is 13.6. The molecule has 5 N–H and O–H groups in total. The molecule has 0 amide bonds. The van der Waals surface area contributed by atoms with Gasteiger partial charge in [-0.15, -0.1) is 0 Å². The number of rotatable bonds is 17. The molecule has 0 saturated heterocycles. The van der Waals surface area contributed by atoms with Gasteiger partial charge in [-0.25, -0.2) is 0 Å². The van der Waals surface area contributed by atoms with E-state index in [2.05, 4.69) is 16.0 Å². The molecule has 0 aliphatic heterocycles. The first-order valence-corrected chi connectivity index (χ1v) is 24.5. The van der Waals surface area contributed by atoms with Crippen LogP contribution in [0.4, 0.5) is 4.70 Å². The number of aliphatic hydroxyl groups is 2. The third-order valence-corrected chi connectivity index (χ3v) is 18.1. The number of aromatic nitrogens is 1. The number of methoxy groups -OCH3 is 1. The fourth-order valence-electron chi connectivity index (χ4n) is 6.98. The Kier molecular flexibility index (Phi) is 15.2. The van der Waals surface area contributed by atoms with Crippen LogP contribution in [0.1, 0.15) is 65.5 Å². The zero-order chi connectivity index (χ0) is 38.2. The number of phenols is 1. The van der Waals surface area contributed by atoms with Crippen LogP contribution in [-0.2, 0) is 21.7 Å². The van der Waals surface area contributed by atoms with Crippen LogP contribution in [0.3, 0.4) is 0 Å². The van der Waals surface area contributed by atoms with Crippen LogP contribution in [0.2, 0.25) is 20.6 Å². The normalized spacial score (nSPS) is 17.0. The molecule has 1 aliphatic rings. The van der Waals surface area contributed by atoms with E-state index in [9.17, 15) is 24.9 Å². The van der Waals surface area contributed by atoms with Crippen LogP contribution in [0.15, 0.2) is 76.2 Å². The van der Waals surface area contributed by atoms with E-state index >= 15 is 0 Å². The van der Waals surface area contributed by atoms with Gasteiger partial charge in [-0.1, -0.05) is 6.07 Å². The number of H-pyrrole nitrogens is 1. The first kappa shape index (κ1) is 42.7. The summed E-state index contributed by atoms with van der Waals surface area (Å²) in [4.78, 5) is 28.9. The fourth-order valence-corrected chi connectivity index (χ4v) is 13.7. The Morgan fingerprint density at radius 2 is 1.75 bits per heavy atom. The van der Waals surface area contributed by atoms with E-state index in [0.29, 0.717) is 55.1 Å². The first-order chi connectivity index (χ1) is 26.1. The van der Waals surface area contributed by atoms with Gasteiger partial charge in [0.2, 0.25) is 5.56 Å². The number of unbranched alkanes of at least 4 members (excludes halogenated alkanes) is 1. The number of thiophene rings is 2. The summed E-state index contributed by atoms with van der Waals surface area (Å²) in [5.41, 5.74) is 2.03. The molecule has 55 heavy (non-hydrogen) atoms. The number of aliphatic hydroxyl groups excluding tert-OH is 1. The van der Waals surface area contributed by atoms with Gasteiger partial charge in [-0.3, -0.25) is 9.50 Å². The molecule has 10 nitrogen and oxygen atoms in total. The van der Waals surface area contributed by atoms with Crippen LogP contribution in [0.5, 0.6) is 17.2 Å². The van der Waals surface area contributed by atoms with E-state index < -0.39 is 32.3 Å². The number of aromatic amines is 1. The van der Waals surface area contributed by atoms with E-state index in [4.69, 9.17) is 25.8 Å². The molecule has 3 heterocycles. The predicted molar refractivity (Wildman–Crippen MR) is 218 cm³/mol. The number of benzene rings is 2. The Morgan fingerprint density at radius 3 is 2.40 bits per heavy atom. The van der Waals surface area contributed by atoms with Crippen LogP contribution >= 0.6 is 34.3 Å². The fraction of sp³-hybridized carbons (Fsp3) is 0.400. The summed E-state index contributed by atoms with van der Waals surface area (Å²) >= 11 is 8.26. The summed E-state index contributed by atoms with van der Waals surface area (Å²) in [7, 11) is 1.59. The average Bonchev–Trinajstić information content (AvgIpc) is 3.92. The second-order valence-corrected chi connectivity index (χ2v) is 21.5. The van der Waals surface area contributed by atoms with Gasteiger partial charge >= 0.3 is 256 Å². The number of hydrogen-bond donors (Lipinski definition) is 5. The number of carbonyl (C=O) groups excluding carboxylic acids is 1. The SMILES string of the molecule is COc1cc(OCCCC[As](C)C2CCC(OC(=O)C(O)(c3cccs3)c3cccs3)CC2)c(Cl)cc1CNC[C@@H](O)c1ccc(O)c2[nH]c(=O)ccc12.F. The van der Waals surface area contributed by atoms with Crippen molar-refractivity contribution in [2.24, 2.45) is 0 Å². The van der Waals surface area contributed by atoms with Crippen molar-refractivity contribution < 1.29 is 39.0 Å². The smallest absolute Gasteiger partial charge is 0.506 e. The van der Waals surface area contributed by atoms with Gasteiger partial charge in [0.05, 0.1) is 11.6 Å². The number of hydrogen-bond acceptors (Lipinski definition) is 11. The molecule has 3 aromatic heterocycles. The second kappa shape index (κ2) is 19.6. The summed E-state index contributed by atoms with van der Waals surface area (Å²) < 4.78 is 18.4. The number of nitrogens with one attached hydrogen (secondary N) is 2. The van der Waals surface area contributed by atoms with E-state index in [1.165, 1.54) is 40.0 Å². The van der Waals surface area contributed by atoms with E-state index in [1.807, 2.05) is 29.0 Å². The molecule has 1 aliphatic carbocycles. The minimum Gasteiger partial charge on any atom is -0.506 e. The summed E-state index contributed by atoms with van der Waals surface area (Å²) in [5, 5.41) is 41.9. The molecule has 2 atom stereocenters. The van der Waals surface area contributed by atoms with Crippen molar-refractivity contribution in [1.82, 2.24) is 10.3 Å². The number of carbonyl (C=O) groups is 1. The Bertz CT molecular complexity index is 2020. The third kappa shape index (κ3) is 10.1. The zero-order valence-corrected chi connectivity index (χ0v) is 34.9. The third-order valence-electron chi connectivity index (χ3n) is 10.0. The van der Waals surface area contributed by atoms with Crippen molar-refractivity contribution in [3.8, 4) is 17.2 Å². The molecule has 0 spiro atoms. The molecule has 5 aromatic rings. The predicted octanol–water partition coefficient (Wildman–Crippen LogP) is 8.07. The first-order valence-electron chi connectivity index (χ1n) is 18.0. The summed E-state index contributed by atoms with van der Waals surface area (Å²) in [6.07, 6.45) is 4.67. The van der Waals surface area contributed by atoms with Crippen LogP contribution in [0.25, 0.3) is 10.9 Å². The van der Waals surface area contributed by atoms with Crippen molar-refractivity contribution in [3.05, 3.63) is 108 Å². The van der Waals surface area contributed by atoms with Crippen LogP contribution < -0.4 is 20.3 Å². The zero-order valence-electron chi connectivity index (χ0n) is 30.7. The minimum absolute atomic E-state index is 0. The van der Waals surface area contributed by atoms with Gasteiger partial charge in [0.25, 0.3) is 0 Å². The number of pyridine rings is 1. The molecule has 1 saturated carbocycles. The van der Waals surface area contributed by atoms with E-state index in [0.717, 1.165) is 44.1 Å². The number of phenolic OH excluding ortho intramolecular Hbond substituents is 1. The molecule has 15 heteroatoms. The quantitative estimate of drug-likeness (QED) is 0.0355. The van der Waals surface area contributed by atoms with Crippen molar-refractivity contribution in [2.45, 2.75) is 78.5 Å². The Labute approximate surface area is 337 Å². The number of aromatic hydroxyl groups is 1. The topological polar surface area (TPSA) is 150 Å². The van der Waals surface area contributed by atoms with Gasteiger partial charge in [-0.2, -0.15) is 0 Å². The summed E-state index contributed by atoms with van der Waals surface area (Å²) in [6, 6.07) is 16.9. The number of halogens is 2. The number of ether oxygens (including phenoxy) is 3. The van der Waals surface area contributed by atoms with E-state index in [-0.39, 0.29) is 34.2 Å². The average molecular weight is 877 g/mol. The van der Waals surface area contributed by atoms with Gasteiger partial charge < -0.3 is 15.2 Å². The van der Waals surface area contributed by atoms with Gasteiger partial charge in [0, 0.05) is 11.5 Å². The molecule has 2 aromatic carbocycles. The standard InChI is InChI=1S/C40H46AsClN2O8S2.FH/c1-41(26-9-11-27(12-10-26)52-39(48)40(49,35-7-5-19-53-35)36-8-6-20-54-36)17-3-4-18-51-34-22-33(50-2)25(21-30(34)42)23-43-24-32(46)28-13-15-31(45)38-29(28)14-16-37(47)44-38;/h5-8,13-16,19-22,26-27,32,43,45-46,49H,3-4,9-12,17-18,23-24H2,1-2H3,(H,44,47);1H/t26?,27?,32-,41?;/m1./s1. The van der Waals surface area contributed by atoms with Crippen molar-refractivity contribution in [1.29, 1.82) is 0 Å². The molecular weight excluding hydrogens is 830 g/mol. The Morgan fingerprint density at radius 1 is 1.04 bits per heavy atom. The van der Waals surface area contributed by atoms with Crippen LogP contribution in [0, 0.1) is 0 Å². The minimum atomic E-state index is -1.76. The molecule has 0 bridgehead atoms. The monoisotopic (exact) mass is 876 g/mol. The maximum absolute atomic E-state index is 13.4. The number of esters is 1. The molecule has 1 fully saturated rings. The number of fused-ring (bicyclic) bond motifs is 1. The molecule has 296 valence electrons. The molecular formula is C40H47AsClFN2O8S2. The maximum atomic E-state index is 13.4. The summed E-state index contributed by atoms with van der Waals surface area (Å²) in [5.74, 6) is 0.542.